The van der Waals surface area contributed by atoms with Crippen LogP contribution in [0.3, 0.4) is 0 Å². The van der Waals surface area contributed by atoms with Crippen LogP contribution < -0.4 is 5.32 Å². The Labute approximate surface area is 113 Å². The first kappa shape index (κ1) is 14.1. The topological polar surface area (TPSA) is 50.3 Å². The zero-order valence-corrected chi connectivity index (χ0v) is 11.7. The number of nitrogens with zero attached hydrogens (tertiary/aromatic N) is 3. The molecule has 0 aliphatic carbocycles. The van der Waals surface area contributed by atoms with E-state index in [0.717, 1.165) is 19.5 Å². The summed E-state index contributed by atoms with van der Waals surface area (Å²) in [5, 5.41) is 3.00. The molecule has 2 rings (SSSR count). The molecule has 0 bridgehead atoms. The molecule has 1 atom stereocenters. The van der Waals surface area contributed by atoms with Gasteiger partial charge in [0.15, 0.2) is 17.5 Å². The van der Waals surface area contributed by atoms with E-state index in [1.165, 1.54) is 0 Å². The van der Waals surface area contributed by atoms with Crippen molar-refractivity contribution < 1.29 is 9.13 Å². The van der Waals surface area contributed by atoms with Crippen LogP contribution in [0.1, 0.15) is 31.0 Å². The molecule has 106 valence electrons. The zero-order chi connectivity index (χ0) is 13.8. The summed E-state index contributed by atoms with van der Waals surface area (Å²) in [6.07, 6.45) is 0.737. The molecular weight excluding hydrogens is 247 g/mol. The van der Waals surface area contributed by atoms with E-state index in [2.05, 4.69) is 20.2 Å². The Kier molecular flexibility index (Phi) is 4.66. The Balaban J connectivity index is 2.22. The molecular formula is C13H21FN4O. The van der Waals surface area contributed by atoms with E-state index in [1.807, 2.05) is 14.0 Å². The van der Waals surface area contributed by atoms with E-state index < -0.39 is 0 Å². The Morgan fingerprint density at radius 1 is 1.47 bits per heavy atom. The molecule has 1 aromatic rings. The fraction of sp³-hybridized carbons (Fsp3) is 0.692. The molecule has 0 radical (unpaired) electrons. The number of anilines is 1. The smallest absolute Gasteiger partial charge is 0.186 e. The lowest BCUT2D eigenvalue weighted by atomic mass is 10.2. The second kappa shape index (κ2) is 6.25. The fourth-order valence-corrected chi connectivity index (χ4v) is 2.02. The van der Waals surface area contributed by atoms with Gasteiger partial charge >= 0.3 is 0 Å². The lowest BCUT2D eigenvalue weighted by molar-refractivity contribution is -0.0255. The van der Waals surface area contributed by atoms with Crippen LogP contribution in [0.2, 0.25) is 0 Å². The van der Waals surface area contributed by atoms with Gasteiger partial charge in [-0.15, -0.1) is 0 Å². The van der Waals surface area contributed by atoms with Gasteiger partial charge in [0, 0.05) is 19.6 Å². The van der Waals surface area contributed by atoms with Crippen molar-refractivity contribution in [3.63, 3.8) is 0 Å². The van der Waals surface area contributed by atoms with Crippen molar-refractivity contribution in [2.24, 2.45) is 0 Å². The molecule has 1 unspecified atom stereocenters. The van der Waals surface area contributed by atoms with Gasteiger partial charge in [-0.25, -0.2) is 14.4 Å². The first-order valence-electron chi connectivity index (χ1n) is 6.70. The summed E-state index contributed by atoms with van der Waals surface area (Å²) >= 11 is 0. The lowest BCUT2D eigenvalue weighted by Gasteiger charge is -2.29. The molecule has 1 saturated heterocycles. The molecule has 1 N–H and O–H groups in total. The summed E-state index contributed by atoms with van der Waals surface area (Å²) in [4.78, 5) is 10.7. The van der Waals surface area contributed by atoms with Gasteiger partial charge in [0.25, 0.3) is 0 Å². The summed E-state index contributed by atoms with van der Waals surface area (Å²) in [5.74, 6) is 0.464. The van der Waals surface area contributed by atoms with Crippen molar-refractivity contribution in [2.45, 2.75) is 26.4 Å². The van der Waals surface area contributed by atoms with Crippen LogP contribution in [0.25, 0.3) is 0 Å². The number of aromatic nitrogens is 2. The van der Waals surface area contributed by atoms with Gasteiger partial charge in [0.05, 0.1) is 12.3 Å². The van der Waals surface area contributed by atoms with E-state index in [9.17, 15) is 4.39 Å². The first-order chi connectivity index (χ1) is 9.11. The maximum Gasteiger partial charge on any atom is 0.186 e. The van der Waals surface area contributed by atoms with Crippen LogP contribution in [0.15, 0.2) is 0 Å². The highest BCUT2D eigenvalue weighted by Crippen LogP contribution is 2.22. The standard InChI is InChI=1S/C13H21FN4O/c1-4-5-15-13-11(14)9(2)16-12(17-13)10-8-18(3)6-7-19-10/h10H,4-8H2,1-3H3,(H,15,16,17). The van der Waals surface area contributed by atoms with Crippen molar-refractivity contribution >= 4 is 5.82 Å². The quantitative estimate of drug-likeness (QED) is 0.901. The Bertz CT molecular complexity index is 441. The number of hydrogen-bond acceptors (Lipinski definition) is 5. The van der Waals surface area contributed by atoms with Crippen LogP contribution >= 0.6 is 0 Å². The van der Waals surface area contributed by atoms with Gasteiger partial charge in [-0.05, 0) is 20.4 Å². The predicted octanol–water partition coefficient (Wildman–Crippen LogP) is 1.75. The van der Waals surface area contributed by atoms with Gasteiger partial charge in [-0.1, -0.05) is 6.92 Å². The van der Waals surface area contributed by atoms with Crippen LogP contribution in [-0.2, 0) is 4.74 Å². The maximum atomic E-state index is 13.9. The van der Waals surface area contributed by atoms with Crippen molar-refractivity contribution in [3.05, 3.63) is 17.3 Å². The Morgan fingerprint density at radius 3 is 2.95 bits per heavy atom. The van der Waals surface area contributed by atoms with Crippen molar-refractivity contribution in [2.75, 3.05) is 38.6 Å². The third-order valence-corrected chi connectivity index (χ3v) is 3.13. The molecule has 6 heteroatoms. The fourth-order valence-electron chi connectivity index (χ4n) is 2.02. The third-order valence-electron chi connectivity index (χ3n) is 3.13. The average molecular weight is 268 g/mol. The summed E-state index contributed by atoms with van der Waals surface area (Å²) in [6, 6.07) is 0. The maximum absolute atomic E-state index is 13.9. The minimum atomic E-state index is -0.374. The van der Waals surface area contributed by atoms with E-state index >= 15 is 0 Å². The number of nitrogens with one attached hydrogen (secondary N) is 1. The SMILES string of the molecule is CCCNc1nc(C2CN(C)CCO2)nc(C)c1F. The number of morpholine rings is 1. The highest BCUT2D eigenvalue weighted by Gasteiger charge is 2.24. The first-order valence-corrected chi connectivity index (χ1v) is 6.70. The molecule has 5 nitrogen and oxygen atoms in total. The molecule has 1 fully saturated rings. The molecule has 0 aromatic carbocycles. The molecule has 1 aromatic heterocycles. The molecule has 19 heavy (non-hydrogen) atoms. The molecule has 1 aliphatic heterocycles. The normalized spacial score (nSPS) is 20.5. The summed E-state index contributed by atoms with van der Waals surface area (Å²) < 4.78 is 19.6. The summed E-state index contributed by atoms with van der Waals surface area (Å²) in [7, 11) is 2.03. The van der Waals surface area contributed by atoms with Gasteiger partial charge in [0.2, 0.25) is 0 Å². The number of hydrogen-bond donors (Lipinski definition) is 1. The minimum absolute atomic E-state index is 0.180. The van der Waals surface area contributed by atoms with Crippen molar-refractivity contribution in [3.8, 4) is 0 Å². The van der Waals surface area contributed by atoms with Crippen molar-refractivity contribution in [1.29, 1.82) is 0 Å². The van der Waals surface area contributed by atoms with E-state index in [-0.39, 0.29) is 17.7 Å². The predicted molar refractivity (Wildman–Crippen MR) is 71.7 cm³/mol. The monoisotopic (exact) mass is 268 g/mol. The summed E-state index contributed by atoms with van der Waals surface area (Å²) in [6.45, 7) is 6.66. The molecule has 1 aliphatic rings. The number of halogens is 1. The Hall–Kier alpha value is -1.27. The minimum Gasteiger partial charge on any atom is -0.368 e. The molecule has 0 spiro atoms. The van der Waals surface area contributed by atoms with Gasteiger partial charge < -0.3 is 15.0 Å². The Morgan fingerprint density at radius 2 is 2.26 bits per heavy atom. The molecule has 2 heterocycles. The lowest BCUT2D eigenvalue weighted by Crippen LogP contribution is -2.36. The van der Waals surface area contributed by atoms with Crippen molar-refractivity contribution in [1.82, 2.24) is 14.9 Å². The molecule has 0 saturated carbocycles. The summed E-state index contributed by atoms with van der Waals surface area (Å²) in [5.41, 5.74) is 0.362. The second-order valence-electron chi connectivity index (χ2n) is 4.88. The zero-order valence-electron chi connectivity index (χ0n) is 11.7. The van der Waals surface area contributed by atoms with Crippen LogP contribution in [-0.4, -0.2) is 48.2 Å². The number of ether oxygens (including phenoxy) is 1. The second-order valence-corrected chi connectivity index (χ2v) is 4.88. The van der Waals surface area contributed by atoms with Crippen LogP contribution in [0.4, 0.5) is 10.2 Å². The van der Waals surface area contributed by atoms with Gasteiger partial charge in [-0.3, -0.25) is 0 Å². The number of aryl methyl sites for hydroxylation is 1. The van der Waals surface area contributed by atoms with Gasteiger partial charge in [-0.2, -0.15) is 0 Å². The number of likely N-dealkylation sites (N-methyl/N-ethyl adjacent to an activating group) is 1. The highest BCUT2D eigenvalue weighted by molar-refractivity contribution is 5.38. The van der Waals surface area contributed by atoms with Crippen LogP contribution in [0.5, 0.6) is 0 Å². The number of rotatable bonds is 4. The van der Waals surface area contributed by atoms with E-state index in [4.69, 9.17) is 4.74 Å². The van der Waals surface area contributed by atoms with E-state index in [1.54, 1.807) is 6.92 Å². The highest BCUT2D eigenvalue weighted by atomic mass is 19.1. The van der Waals surface area contributed by atoms with Gasteiger partial charge in [0.1, 0.15) is 6.10 Å². The van der Waals surface area contributed by atoms with Crippen LogP contribution in [0, 0.1) is 12.7 Å². The largest absolute Gasteiger partial charge is 0.368 e. The third kappa shape index (κ3) is 3.39. The van der Waals surface area contributed by atoms with E-state index in [0.29, 0.717) is 24.7 Å². The molecule has 0 amide bonds. The average Bonchev–Trinajstić information content (AvgIpc) is 2.40.